The Labute approximate surface area is 123 Å². The molecular weight excluding hydrogens is 284 g/mol. The van der Waals surface area contributed by atoms with Gasteiger partial charge in [-0.1, -0.05) is 0 Å². The van der Waals surface area contributed by atoms with Gasteiger partial charge in [-0.15, -0.1) is 0 Å². The van der Waals surface area contributed by atoms with Crippen LogP contribution in [0.2, 0.25) is 0 Å². The third-order valence-corrected chi connectivity index (χ3v) is 3.12. The average Bonchev–Trinajstić information content (AvgIpc) is 2.43. The molecule has 1 rings (SSSR count). The number of methoxy groups -OCH3 is 3. The Morgan fingerprint density at radius 2 is 1.52 bits per heavy atom. The van der Waals surface area contributed by atoms with Crippen molar-refractivity contribution in [3.8, 4) is 0 Å². The standard InChI is InChI=1S/C13H22O8/c1-7(14)19-6-9-10(16-3)11(20-8(2)15)12(17-4)13(18-5)21-9/h9-13H,6H2,1-5H3/t9-,10-,11+,12-,13-/m1/s1. The molecule has 5 atom stereocenters. The molecule has 0 aromatic carbocycles. The van der Waals surface area contributed by atoms with Crippen LogP contribution >= 0.6 is 0 Å². The normalized spacial score (nSPS) is 32.5. The zero-order chi connectivity index (χ0) is 16.0. The molecule has 0 saturated carbocycles. The first kappa shape index (κ1) is 17.8. The summed E-state index contributed by atoms with van der Waals surface area (Å²) in [6.45, 7) is 2.54. The second-order valence-electron chi connectivity index (χ2n) is 4.56. The van der Waals surface area contributed by atoms with Gasteiger partial charge in [0.1, 0.15) is 24.9 Å². The van der Waals surface area contributed by atoms with Gasteiger partial charge < -0.3 is 28.4 Å². The van der Waals surface area contributed by atoms with Gasteiger partial charge in [0, 0.05) is 35.2 Å². The summed E-state index contributed by atoms with van der Waals surface area (Å²) in [6, 6.07) is 0. The van der Waals surface area contributed by atoms with E-state index in [4.69, 9.17) is 28.4 Å². The number of carbonyl (C=O) groups is 2. The fourth-order valence-electron chi connectivity index (χ4n) is 2.26. The Balaban J connectivity index is 2.94. The van der Waals surface area contributed by atoms with E-state index in [1.165, 1.54) is 35.2 Å². The Morgan fingerprint density at radius 3 is 1.95 bits per heavy atom. The minimum absolute atomic E-state index is 0.0398. The van der Waals surface area contributed by atoms with E-state index in [1.54, 1.807) is 0 Å². The predicted octanol–water partition coefficient (Wildman–Crippen LogP) is -0.117. The Hall–Kier alpha value is -1.22. The first-order valence-electron chi connectivity index (χ1n) is 6.49. The summed E-state index contributed by atoms with van der Waals surface area (Å²) in [5, 5.41) is 0. The molecule has 0 aromatic rings. The van der Waals surface area contributed by atoms with Crippen LogP contribution in [0.15, 0.2) is 0 Å². The molecule has 0 aliphatic carbocycles. The van der Waals surface area contributed by atoms with Crippen molar-refractivity contribution >= 4 is 11.9 Å². The van der Waals surface area contributed by atoms with E-state index >= 15 is 0 Å². The lowest BCUT2D eigenvalue weighted by molar-refractivity contribution is -0.305. The number of esters is 2. The van der Waals surface area contributed by atoms with Gasteiger partial charge in [0.05, 0.1) is 0 Å². The Bertz CT molecular complexity index is 358. The minimum Gasteiger partial charge on any atom is -0.463 e. The molecule has 8 heteroatoms. The third kappa shape index (κ3) is 4.63. The molecule has 1 fully saturated rings. The number of ether oxygens (including phenoxy) is 6. The van der Waals surface area contributed by atoms with Crippen LogP contribution in [-0.4, -0.2) is 70.6 Å². The summed E-state index contributed by atoms with van der Waals surface area (Å²) < 4.78 is 31.7. The largest absolute Gasteiger partial charge is 0.463 e. The molecule has 0 spiro atoms. The second kappa shape index (κ2) is 8.28. The maximum Gasteiger partial charge on any atom is 0.303 e. The summed E-state index contributed by atoms with van der Waals surface area (Å²) in [6.07, 6.45) is -3.45. The van der Waals surface area contributed by atoms with Crippen LogP contribution in [0.1, 0.15) is 13.8 Å². The molecule has 1 aliphatic heterocycles. The van der Waals surface area contributed by atoms with Gasteiger partial charge >= 0.3 is 11.9 Å². The van der Waals surface area contributed by atoms with Crippen LogP contribution in [0.3, 0.4) is 0 Å². The highest BCUT2D eigenvalue weighted by Crippen LogP contribution is 2.28. The summed E-state index contributed by atoms with van der Waals surface area (Å²) in [4.78, 5) is 22.3. The molecule has 0 aromatic heterocycles. The van der Waals surface area contributed by atoms with E-state index < -0.39 is 42.6 Å². The van der Waals surface area contributed by atoms with Gasteiger partial charge in [0.15, 0.2) is 12.4 Å². The van der Waals surface area contributed by atoms with Crippen molar-refractivity contribution in [3.63, 3.8) is 0 Å². The van der Waals surface area contributed by atoms with Crippen molar-refractivity contribution in [1.82, 2.24) is 0 Å². The fraction of sp³-hybridized carbons (Fsp3) is 0.846. The van der Waals surface area contributed by atoms with E-state index in [-0.39, 0.29) is 6.61 Å². The van der Waals surface area contributed by atoms with Crippen LogP contribution in [0, 0.1) is 0 Å². The van der Waals surface area contributed by atoms with Crippen molar-refractivity contribution in [3.05, 3.63) is 0 Å². The zero-order valence-electron chi connectivity index (χ0n) is 12.9. The molecule has 0 radical (unpaired) electrons. The van der Waals surface area contributed by atoms with Gasteiger partial charge in [-0.25, -0.2) is 0 Å². The zero-order valence-corrected chi connectivity index (χ0v) is 12.9. The SMILES string of the molecule is CO[C@@H]1O[C@H](COC(C)=O)[C@@H](OC)[C@H](OC(C)=O)[C@H]1OC. The Morgan fingerprint density at radius 1 is 0.905 bits per heavy atom. The monoisotopic (exact) mass is 306 g/mol. The lowest BCUT2D eigenvalue weighted by Crippen LogP contribution is -2.61. The van der Waals surface area contributed by atoms with Crippen LogP contribution < -0.4 is 0 Å². The number of carbonyl (C=O) groups excluding carboxylic acids is 2. The van der Waals surface area contributed by atoms with Crippen molar-refractivity contribution in [1.29, 1.82) is 0 Å². The first-order chi connectivity index (χ1) is 9.94. The highest BCUT2D eigenvalue weighted by molar-refractivity contribution is 5.66. The number of hydrogen-bond acceptors (Lipinski definition) is 8. The summed E-state index contributed by atoms with van der Waals surface area (Å²) >= 11 is 0. The fourth-order valence-corrected chi connectivity index (χ4v) is 2.26. The predicted molar refractivity (Wildman–Crippen MR) is 69.5 cm³/mol. The lowest BCUT2D eigenvalue weighted by atomic mass is 9.98. The van der Waals surface area contributed by atoms with E-state index in [1.807, 2.05) is 0 Å². The van der Waals surface area contributed by atoms with Gasteiger partial charge in [-0.05, 0) is 0 Å². The summed E-state index contributed by atoms with van der Waals surface area (Å²) in [5.41, 5.74) is 0. The number of rotatable bonds is 6. The van der Waals surface area contributed by atoms with Crippen molar-refractivity contribution in [2.45, 2.75) is 44.6 Å². The molecule has 0 amide bonds. The van der Waals surface area contributed by atoms with Crippen molar-refractivity contribution < 1.29 is 38.0 Å². The molecular formula is C13H22O8. The van der Waals surface area contributed by atoms with E-state index in [9.17, 15) is 9.59 Å². The molecule has 1 heterocycles. The minimum atomic E-state index is -0.772. The summed E-state index contributed by atoms with van der Waals surface area (Å²) in [5.74, 6) is -0.924. The van der Waals surface area contributed by atoms with Crippen LogP contribution in [0.5, 0.6) is 0 Å². The third-order valence-electron chi connectivity index (χ3n) is 3.12. The topological polar surface area (TPSA) is 89.5 Å². The molecule has 0 unspecified atom stereocenters. The quantitative estimate of drug-likeness (QED) is 0.628. The van der Waals surface area contributed by atoms with Gasteiger partial charge in [0.25, 0.3) is 0 Å². The van der Waals surface area contributed by atoms with Crippen molar-refractivity contribution in [2.24, 2.45) is 0 Å². The number of hydrogen-bond donors (Lipinski definition) is 0. The maximum atomic E-state index is 11.3. The van der Waals surface area contributed by atoms with Gasteiger partial charge in [-0.3, -0.25) is 9.59 Å². The molecule has 122 valence electrons. The van der Waals surface area contributed by atoms with E-state index in [0.717, 1.165) is 0 Å². The molecule has 0 N–H and O–H groups in total. The second-order valence-corrected chi connectivity index (χ2v) is 4.56. The summed E-state index contributed by atoms with van der Waals surface area (Å²) in [7, 11) is 4.35. The maximum absolute atomic E-state index is 11.3. The van der Waals surface area contributed by atoms with E-state index in [2.05, 4.69) is 0 Å². The molecule has 1 aliphatic rings. The van der Waals surface area contributed by atoms with E-state index in [0.29, 0.717) is 0 Å². The van der Waals surface area contributed by atoms with Crippen LogP contribution in [-0.2, 0) is 38.0 Å². The molecule has 0 bridgehead atoms. The highest BCUT2D eigenvalue weighted by Gasteiger charge is 2.49. The molecule has 1 saturated heterocycles. The lowest BCUT2D eigenvalue weighted by Gasteiger charge is -2.43. The van der Waals surface area contributed by atoms with Crippen LogP contribution in [0.4, 0.5) is 0 Å². The smallest absolute Gasteiger partial charge is 0.303 e. The van der Waals surface area contributed by atoms with Crippen LogP contribution in [0.25, 0.3) is 0 Å². The first-order valence-corrected chi connectivity index (χ1v) is 6.49. The van der Waals surface area contributed by atoms with Crippen molar-refractivity contribution in [2.75, 3.05) is 27.9 Å². The Kier molecular flexibility index (Phi) is 7.03. The molecule has 21 heavy (non-hydrogen) atoms. The molecule has 8 nitrogen and oxygen atoms in total. The van der Waals surface area contributed by atoms with Gasteiger partial charge in [0.2, 0.25) is 0 Å². The average molecular weight is 306 g/mol. The van der Waals surface area contributed by atoms with Gasteiger partial charge in [-0.2, -0.15) is 0 Å². The highest BCUT2D eigenvalue weighted by atomic mass is 16.7.